The number of aryl methyl sites for hydroxylation is 1. The number of aromatic hydroxyl groups is 1. The van der Waals surface area contributed by atoms with E-state index in [1.54, 1.807) is 53.0 Å². The zero-order valence-electron chi connectivity index (χ0n) is 33.7. The number of benzene rings is 5. The van der Waals surface area contributed by atoms with Crippen molar-refractivity contribution >= 4 is 46.0 Å². The Balaban J connectivity index is 1.01. The van der Waals surface area contributed by atoms with Crippen LogP contribution in [0.5, 0.6) is 23.0 Å². The number of hydrogen-bond donors (Lipinski definition) is 5. The number of carbonyl (C=O) groups is 3. The highest BCUT2D eigenvalue weighted by molar-refractivity contribution is 7.13. The minimum Gasteiger partial charge on any atom is -0.505 e. The summed E-state index contributed by atoms with van der Waals surface area (Å²) in [6, 6.07) is 28.7. The van der Waals surface area contributed by atoms with Crippen molar-refractivity contribution in [3.8, 4) is 23.0 Å². The summed E-state index contributed by atoms with van der Waals surface area (Å²) >= 11 is 1.33. The molecule has 2 aliphatic heterocycles. The third kappa shape index (κ3) is 9.00. The van der Waals surface area contributed by atoms with Gasteiger partial charge in [-0.15, -0.1) is 11.3 Å². The molecule has 62 heavy (non-hydrogen) atoms. The van der Waals surface area contributed by atoms with Gasteiger partial charge in [-0.2, -0.15) is 0 Å². The number of halogens is 1. The number of phenolic OH excluding ortho intramolecular Hbond substituents is 1. The van der Waals surface area contributed by atoms with E-state index in [1.165, 1.54) is 28.5 Å². The number of hydrogen-bond acceptors (Lipinski definition) is 12. The molecule has 2 amide bonds. The third-order valence-electron chi connectivity index (χ3n) is 10.9. The zero-order chi connectivity index (χ0) is 43.3. The standard InChI is InChI=1S/C47H44FN7O6S/c1-28-9-11-29(12-10-28)45-37(27-56)34-7-2-3-8-35(34)46(59)55(45)32-6-4-5-31(21-32)39(49)26-54(50)18-19-60-42-22-30-15-16-51-40(25-44(58)53-47-52-17-20-62-47)36(30)24-43(42)61-33-13-14-41(57)38(48)23-33/h2-14,17,20-24,26-27,37,40,45,51,57H,15-16,18-19,25,49-50H2,1H3,(H,52,53,58)/b39-26-. The van der Waals surface area contributed by atoms with Crippen LogP contribution in [0.25, 0.3) is 5.70 Å². The largest absolute Gasteiger partial charge is 0.505 e. The second-order valence-electron chi connectivity index (χ2n) is 15.1. The highest BCUT2D eigenvalue weighted by Crippen LogP contribution is 2.45. The fraction of sp³-hybridized carbons (Fsp3) is 0.191. The Hall–Kier alpha value is -7.07. The predicted octanol–water partition coefficient (Wildman–Crippen LogP) is 7.50. The number of rotatable bonds is 14. The molecule has 0 fully saturated rings. The Bertz CT molecular complexity index is 2640. The molecule has 13 nitrogen and oxygen atoms in total. The lowest BCUT2D eigenvalue weighted by Crippen LogP contribution is -2.43. The molecule has 7 N–H and O–H groups in total. The fourth-order valence-corrected chi connectivity index (χ4v) is 8.42. The Morgan fingerprint density at radius 1 is 1.05 bits per heavy atom. The molecule has 15 heteroatoms. The first kappa shape index (κ1) is 41.7. The first-order valence-electron chi connectivity index (χ1n) is 20.0. The molecule has 0 radical (unpaired) electrons. The molecule has 6 aromatic rings. The normalized spacial score (nSPS) is 17.1. The number of carbonyl (C=O) groups excluding carboxylic acids is 3. The van der Waals surface area contributed by atoms with Crippen LogP contribution in [0.2, 0.25) is 0 Å². The summed E-state index contributed by atoms with van der Waals surface area (Å²) in [4.78, 5) is 45.8. The van der Waals surface area contributed by atoms with E-state index >= 15 is 0 Å². The van der Waals surface area contributed by atoms with E-state index in [9.17, 15) is 23.9 Å². The van der Waals surface area contributed by atoms with E-state index in [4.69, 9.17) is 21.1 Å². The van der Waals surface area contributed by atoms with Crippen molar-refractivity contribution in [1.82, 2.24) is 15.3 Å². The van der Waals surface area contributed by atoms with Crippen LogP contribution in [0.4, 0.5) is 15.2 Å². The lowest BCUT2D eigenvalue weighted by molar-refractivity contribution is -0.116. The Morgan fingerprint density at radius 3 is 2.65 bits per heavy atom. The van der Waals surface area contributed by atoms with E-state index in [0.29, 0.717) is 51.9 Å². The number of anilines is 2. The van der Waals surface area contributed by atoms with E-state index in [-0.39, 0.29) is 48.9 Å². The minimum atomic E-state index is -0.848. The second-order valence-corrected chi connectivity index (χ2v) is 16.0. The Labute approximate surface area is 361 Å². The molecule has 3 unspecified atom stereocenters. The number of nitrogens with one attached hydrogen (secondary N) is 2. The molecule has 5 aromatic carbocycles. The van der Waals surface area contributed by atoms with Crippen LogP contribution in [-0.2, 0) is 16.0 Å². The van der Waals surface area contributed by atoms with Gasteiger partial charge in [0.1, 0.15) is 18.6 Å². The van der Waals surface area contributed by atoms with Crippen molar-refractivity contribution in [1.29, 1.82) is 0 Å². The smallest absolute Gasteiger partial charge is 0.259 e. The number of nitrogens with two attached hydrogens (primary N) is 2. The Kier molecular flexibility index (Phi) is 12.3. The summed E-state index contributed by atoms with van der Waals surface area (Å²) in [5.41, 5.74) is 12.9. The average molecular weight is 854 g/mol. The van der Waals surface area contributed by atoms with Crippen LogP contribution in [0, 0.1) is 12.7 Å². The minimum absolute atomic E-state index is 0.0876. The van der Waals surface area contributed by atoms with E-state index in [1.807, 2.05) is 61.5 Å². The van der Waals surface area contributed by atoms with Crippen molar-refractivity contribution in [2.75, 3.05) is 29.9 Å². The predicted molar refractivity (Wildman–Crippen MR) is 235 cm³/mol. The number of nitrogens with zero attached hydrogens (tertiary/aromatic N) is 3. The molecular weight excluding hydrogens is 810 g/mol. The van der Waals surface area contributed by atoms with Gasteiger partial charge in [-0.05, 0) is 84.6 Å². The van der Waals surface area contributed by atoms with Gasteiger partial charge >= 0.3 is 0 Å². The van der Waals surface area contributed by atoms with Gasteiger partial charge in [0.25, 0.3) is 5.91 Å². The summed E-state index contributed by atoms with van der Waals surface area (Å²) in [7, 11) is 0. The molecule has 3 atom stereocenters. The highest BCUT2D eigenvalue weighted by atomic mass is 32.1. The molecule has 316 valence electrons. The van der Waals surface area contributed by atoms with Crippen LogP contribution in [-0.4, -0.2) is 52.9 Å². The molecule has 0 saturated heterocycles. The number of hydrazine groups is 1. The van der Waals surface area contributed by atoms with Crippen molar-refractivity contribution in [2.45, 2.75) is 37.8 Å². The van der Waals surface area contributed by atoms with Gasteiger partial charge in [-0.1, -0.05) is 60.2 Å². The van der Waals surface area contributed by atoms with Crippen LogP contribution >= 0.6 is 11.3 Å². The van der Waals surface area contributed by atoms with Gasteiger partial charge in [-0.25, -0.2) is 15.2 Å². The summed E-state index contributed by atoms with van der Waals surface area (Å²) in [6.07, 6.45) is 4.88. The lowest BCUT2D eigenvalue weighted by atomic mass is 9.80. The maximum atomic E-state index is 14.4. The van der Waals surface area contributed by atoms with Gasteiger partial charge in [0, 0.05) is 53.1 Å². The maximum absolute atomic E-state index is 14.4. The first-order valence-corrected chi connectivity index (χ1v) is 20.9. The van der Waals surface area contributed by atoms with Crippen LogP contribution < -0.4 is 36.6 Å². The molecule has 3 heterocycles. The van der Waals surface area contributed by atoms with Crippen molar-refractivity contribution in [3.05, 3.63) is 166 Å². The van der Waals surface area contributed by atoms with Crippen LogP contribution in [0.15, 0.2) is 121 Å². The van der Waals surface area contributed by atoms with Gasteiger partial charge < -0.3 is 40.8 Å². The number of aromatic nitrogens is 1. The molecule has 0 saturated carbocycles. The maximum Gasteiger partial charge on any atom is 0.259 e. The molecule has 0 spiro atoms. The molecule has 0 aliphatic carbocycles. The van der Waals surface area contributed by atoms with Gasteiger partial charge in [0.15, 0.2) is 28.2 Å². The zero-order valence-corrected chi connectivity index (χ0v) is 34.5. The first-order chi connectivity index (χ1) is 30.1. The van der Waals surface area contributed by atoms with E-state index < -0.39 is 23.5 Å². The SMILES string of the molecule is Cc1ccc(C2C(C=O)c3ccccc3C(=O)N2c2cccc(/C(N)=C/N(N)CCOc3cc4c(cc3Oc3ccc(O)c(F)c3)C(CC(=O)Nc3nccs3)NCC4)c2)cc1. The van der Waals surface area contributed by atoms with Gasteiger partial charge in [0.05, 0.1) is 24.2 Å². The Morgan fingerprint density at radius 2 is 1.87 bits per heavy atom. The molecular formula is C47H44FN7O6S. The van der Waals surface area contributed by atoms with E-state index in [2.05, 4.69) is 15.6 Å². The number of thiazole rings is 1. The topological polar surface area (TPSA) is 185 Å². The number of aldehydes is 1. The summed E-state index contributed by atoms with van der Waals surface area (Å²) in [6.45, 7) is 2.88. The number of fused-ring (bicyclic) bond motifs is 2. The fourth-order valence-electron chi connectivity index (χ4n) is 7.87. The number of phenols is 1. The van der Waals surface area contributed by atoms with Gasteiger partial charge in [0.2, 0.25) is 5.91 Å². The van der Waals surface area contributed by atoms with Crippen LogP contribution in [0.3, 0.4) is 0 Å². The number of ether oxygens (including phenoxy) is 2. The monoisotopic (exact) mass is 853 g/mol. The van der Waals surface area contributed by atoms with Crippen molar-refractivity contribution in [2.24, 2.45) is 11.6 Å². The summed E-state index contributed by atoms with van der Waals surface area (Å²) in [5.74, 6) is 4.81. The average Bonchev–Trinajstić information content (AvgIpc) is 3.78. The van der Waals surface area contributed by atoms with Crippen LogP contribution in [0.1, 0.15) is 68.2 Å². The third-order valence-corrected chi connectivity index (χ3v) is 11.6. The van der Waals surface area contributed by atoms with Crippen molar-refractivity contribution < 1.29 is 33.4 Å². The summed E-state index contributed by atoms with van der Waals surface area (Å²) < 4.78 is 26.8. The summed E-state index contributed by atoms with van der Waals surface area (Å²) in [5, 5.41) is 19.7. The number of amides is 2. The van der Waals surface area contributed by atoms with E-state index in [0.717, 1.165) is 34.6 Å². The van der Waals surface area contributed by atoms with Gasteiger partial charge in [-0.3, -0.25) is 14.5 Å². The van der Waals surface area contributed by atoms with Crippen molar-refractivity contribution in [3.63, 3.8) is 0 Å². The quantitative estimate of drug-likeness (QED) is 0.0415. The lowest BCUT2D eigenvalue weighted by Gasteiger charge is -2.40. The second kappa shape index (κ2) is 18.3. The molecule has 1 aromatic heterocycles. The molecule has 2 aliphatic rings. The molecule has 8 rings (SSSR count). The molecule has 0 bridgehead atoms. The highest BCUT2D eigenvalue weighted by Gasteiger charge is 2.41.